The molecule has 5 heteroatoms. The Morgan fingerprint density at radius 2 is 0.609 bits per heavy atom. The van der Waals surface area contributed by atoms with Crippen LogP contribution in [0.25, 0.3) is 0 Å². The summed E-state index contributed by atoms with van der Waals surface area (Å²) in [6.07, 6.45) is 0. The van der Waals surface area contributed by atoms with Crippen molar-refractivity contribution in [1.82, 2.24) is 0 Å². The first-order valence-electron chi connectivity index (χ1n) is 9.94. The van der Waals surface area contributed by atoms with Gasteiger partial charge < -0.3 is 4.12 Å². The van der Waals surface area contributed by atoms with E-state index in [4.69, 9.17) is 4.12 Å². The largest absolute Gasteiger partial charge is 0.470 e. The molecule has 0 aromatic rings. The van der Waals surface area contributed by atoms with Crippen LogP contribution in [0.2, 0.25) is 33.2 Å². The molecule has 0 saturated heterocycles. The van der Waals surface area contributed by atoms with Crippen LogP contribution in [0, 0.1) is 0 Å². The minimum absolute atomic E-state index is 0.364. The molecule has 140 valence electrons. The Labute approximate surface area is 154 Å². The molecule has 0 spiro atoms. The van der Waals surface area contributed by atoms with Gasteiger partial charge in [-0.2, -0.15) is 0 Å². The third-order valence-electron chi connectivity index (χ3n) is 7.15. The van der Waals surface area contributed by atoms with Crippen molar-refractivity contribution in [2.24, 2.45) is 0 Å². The van der Waals surface area contributed by atoms with Crippen molar-refractivity contribution >= 4 is 33.7 Å². The van der Waals surface area contributed by atoms with Crippen molar-refractivity contribution in [2.75, 3.05) is 0 Å². The lowest BCUT2D eigenvalue weighted by Crippen LogP contribution is -2.57. The second kappa shape index (κ2) is 9.50. The van der Waals surface area contributed by atoms with Crippen LogP contribution >= 0.6 is 0 Å². The maximum absolute atomic E-state index is 6.93. The van der Waals surface area contributed by atoms with Gasteiger partial charge in [0.05, 0.1) is 15.2 Å². The van der Waals surface area contributed by atoms with E-state index in [2.05, 4.69) is 83.1 Å². The Hall–Kier alpha value is 0.828. The van der Waals surface area contributed by atoms with E-state index in [9.17, 15) is 0 Å². The van der Waals surface area contributed by atoms with Crippen LogP contribution in [0.3, 0.4) is 0 Å². The predicted octanol–water partition coefficient (Wildman–Crippen LogP) is 5.52. The molecule has 0 aliphatic carbocycles. The average Bonchev–Trinajstić information content (AvgIpc) is 2.35. The summed E-state index contributed by atoms with van der Waals surface area (Å²) < 4.78 is 6.93. The summed E-state index contributed by atoms with van der Waals surface area (Å²) in [6.45, 7) is 29.9. The van der Waals surface area contributed by atoms with Crippen LogP contribution in [0.5, 0.6) is 0 Å². The zero-order chi connectivity index (χ0) is 18.6. The van der Waals surface area contributed by atoms with Gasteiger partial charge in [-0.05, 0) is 0 Å². The fraction of sp³-hybridized carbons (Fsp3) is 1.00. The molecule has 0 bridgehead atoms. The van der Waals surface area contributed by atoms with Gasteiger partial charge in [-0.15, -0.1) is 0 Å². The van der Waals surface area contributed by atoms with E-state index in [1.807, 2.05) is 0 Å². The van der Waals surface area contributed by atoms with Gasteiger partial charge >= 0.3 is 0 Å². The molecule has 0 atom stereocenters. The van der Waals surface area contributed by atoms with E-state index in [-0.39, 0.29) is 18.6 Å². The standard InChI is InChI=1S/C18H46OSi4/c1-13(2)22(14(3)4,15(5)6)20-19-21-23(16(7)8,17(9)10)18(11)12/h13-18H,20-21H2,1-12H3. The quantitative estimate of drug-likeness (QED) is 0.446. The summed E-state index contributed by atoms with van der Waals surface area (Å²) in [7, 11) is -3.24. The highest BCUT2D eigenvalue weighted by atomic mass is 29.3. The summed E-state index contributed by atoms with van der Waals surface area (Å²) in [5.41, 5.74) is 5.23. The fourth-order valence-electron chi connectivity index (χ4n) is 5.40. The van der Waals surface area contributed by atoms with Crippen LogP contribution in [0.1, 0.15) is 83.1 Å². The normalized spacial score (nSPS) is 15.4. The molecule has 23 heavy (non-hydrogen) atoms. The molecule has 0 radical (unpaired) electrons. The molecule has 0 amide bonds. The lowest BCUT2D eigenvalue weighted by molar-refractivity contribution is 0.651. The van der Waals surface area contributed by atoms with Gasteiger partial charge in [0.2, 0.25) is 0 Å². The van der Waals surface area contributed by atoms with Crippen LogP contribution in [-0.2, 0) is 4.12 Å². The zero-order valence-electron chi connectivity index (χ0n) is 18.3. The van der Waals surface area contributed by atoms with Gasteiger partial charge in [-0.25, -0.2) is 0 Å². The second-order valence-corrected chi connectivity index (χ2v) is 32.3. The lowest BCUT2D eigenvalue weighted by Gasteiger charge is -2.46. The Bertz CT molecular complexity index is 262. The van der Waals surface area contributed by atoms with Gasteiger partial charge in [-0.1, -0.05) is 116 Å². The maximum Gasteiger partial charge on any atom is 0.135 e. The van der Waals surface area contributed by atoms with E-state index in [0.717, 1.165) is 33.2 Å². The summed E-state index contributed by atoms with van der Waals surface area (Å²) in [4.78, 5) is 0. The van der Waals surface area contributed by atoms with Crippen LogP contribution in [0.4, 0.5) is 0 Å². The van der Waals surface area contributed by atoms with E-state index in [0.29, 0.717) is 0 Å². The van der Waals surface area contributed by atoms with Crippen molar-refractivity contribution in [3.8, 4) is 0 Å². The van der Waals surface area contributed by atoms with Crippen LogP contribution in [0.15, 0.2) is 0 Å². The number of hydrogen-bond acceptors (Lipinski definition) is 1. The Kier molecular flexibility index (Phi) is 9.85. The maximum atomic E-state index is 6.93. The Balaban J connectivity index is 5.33. The fourth-order valence-corrected chi connectivity index (χ4v) is 34.7. The first-order chi connectivity index (χ1) is 10.4. The molecule has 0 aliphatic rings. The Morgan fingerprint density at radius 3 is 0.739 bits per heavy atom. The molecule has 0 aromatic carbocycles. The molecule has 0 aliphatic heterocycles. The van der Waals surface area contributed by atoms with Crippen molar-refractivity contribution in [3.63, 3.8) is 0 Å². The lowest BCUT2D eigenvalue weighted by atomic mass is 10.5. The zero-order valence-corrected chi connectivity index (χ0v) is 23.1. The highest BCUT2D eigenvalue weighted by Gasteiger charge is 2.46. The van der Waals surface area contributed by atoms with Gasteiger partial charge in [0, 0.05) is 0 Å². The molecule has 0 saturated carbocycles. The highest BCUT2D eigenvalue weighted by molar-refractivity contribution is 7.30. The number of hydrogen-bond donors (Lipinski definition) is 0. The molecule has 0 fully saturated rings. The molecule has 0 aromatic heterocycles. The van der Waals surface area contributed by atoms with Crippen molar-refractivity contribution in [2.45, 2.75) is 116 Å². The van der Waals surface area contributed by atoms with Gasteiger partial charge in [0.25, 0.3) is 0 Å². The molecule has 0 N–H and O–H groups in total. The monoisotopic (exact) mass is 390 g/mol. The molecular formula is C18H46OSi4. The van der Waals surface area contributed by atoms with Crippen molar-refractivity contribution in [3.05, 3.63) is 0 Å². The molecule has 1 nitrogen and oxygen atoms in total. The topological polar surface area (TPSA) is 9.23 Å². The van der Waals surface area contributed by atoms with Gasteiger partial charge in [0.1, 0.15) is 18.6 Å². The SMILES string of the molecule is CC(C)[Si]([SiH2]O[SiH2][Si](C(C)C)(C(C)C)C(C)C)(C(C)C)C(C)C. The average molecular weight is 391 g/mol. The summed E-state index contributed by atoms with van der Waals surface area (Å²) in [6, 6.07) is 0. The number of rotatable bonds is 10. The predicted molar refractivity (Wildman–Crippen MR) is 120 cm³/mol. The smallest absolute Gasteiger partial charge is 0.135 e. The first-order valence-corrected chi connectivity index (χ1v) is 20.2. The summed E-state index contributed by atoms with van der Waals surface area (Å²) in [5, 5.41) is 0. The van der Waals surface area contributed by atoms with E-state index in [1.54, 1.807) is 0 Å². The minimum Gasteiger partial charge on any atom is -0.470 e. The van der Waals surface area contributed by atoms with Gasteiger partial charge in [-0.3, -0.25) is 0 Å². The van der Waals surface area contributed by atoms with Gasteiger partial charge in [0.15, 0.2) is 0 Å². The first kappa shape index (κ1) is 23.8. The molecule has 0 rings (SSSR count). The minimum atomic E-state index is -1.26. The van der Waals surface area contributed by atoms with Crippen molar-refractivity contribution < 1.29 is 4.12 Å². The Morgan fingerprint density at radius 1 is 0.435 bits per heavy atom. The third-order valence-corrected chi connectivity index (χ3v) is 44.1. The van der Waals surface area contributed by atoms with E-state index >= 15 is 0 Å². The molecule has 0 unspecified atom stereocenters. The highest BCUT2D eigenvalue weighted by Crippen LogP contribution is 2.43. The molecular weight excluding hydrogens is 345 g/mol. The van der Waals surface area contributed by atoms with E-state index < -0.39 is 15.2 Å². The van der Waals surface area contributed by atoms with Crippen LogP contribution in [-0.4, -0.2) is 33.7 Å². The van der Waals surface area contributed by atoms with E-state index in [1.165, 1.54) is 0 Å². The third kappa shape index (κ3) is 4.93. The summed E-state index contributed by atoms with van der Waals surface area (Å²) in [5.74, 6) is 0. The van der Waals surface area contributed by atoms with Crippen molar-refractivity contribution in [1.29, 1.82) is 0 Å². The van der Waals surface area contributed by atoms with Crippen LogP contribution < -0.4 is 0 Å². The molecule has 0 heterocycles. The second-order valence-electron chi connectivity index (χ2n) is 9.65. The summed E-state index contributed by atoms with van der Waals surface area (Å²) >= 11 is 0.